The molecule has 1 aromatic rings. The molecule has 0 aromatic carbocycles. The van der Waals surface area contributed by atoms with Crippen LogP contribution >= 0.6 is 15.9 Å². The summed E-state index contributed by atoms with van der Waals surface area (Å²) in [6.45, 7) is 0.752. The van der Waals surface area contributed by atoms with Crippen LogP contribution in [0.15, 0.2) is 21.4 Å². The van der Waals surface area contributed by atoms with Gasteiger partial charge in [-0.15, -0.1) is 0 Å². The third-order valence-electron chi connectivity index (χ3n) is 3.05. The second-order valence-corrected chi connectivity index (χ2v) is 4.82. The van der Waals surface area contributed by atoms with E-state index in [-0.39, 0.29) is 11.5 Å². The zero-order chi connectivity index (χ0) is 11.4. The van der Waals surface area contributed by atoms with Crippen LogP contribution in [-0.2, 0) is 13.5 Å². The van der Waals surface area contributed by atoms with Gasteiger partial charge in [0.15, 0.2) is 0 Å². The smallest absolute Gasteiger partial charge is 0.226 e. The number of carbonyl (C=O) groups is 1. The molecule has 2 aliphatic rings. The molecule has 0 amide bonds. The summed E-state index contributed by atoms with van der Waals surface area (Å²) in [5.41, 5.74) is 9.67. The topological polar surface area (TPSA) is 60.4 Å². The van der Waals surface area contributed by atoms with Crippen molar-refractivity contribution in [2.75, 3.05) is 6.54 Å². The molecule has 4 nitrogen and oxygen atoms in total. The Hall–Kier alpha value is -1.36. The van der Waals surface area contributed by atoms with Crippen molar-refractivity contribution in [1.82, 2.24) is 4.57 Å². The van der Waals surface area contributed by atoms with Gasteiger partial charge in [0.2, 0.25) is 5.78 Å². The first-order chi connectivity index (χ1) is 7.61. The van der Waals surface area contributed by atoms with Crippen LogP contribution in [-0.4, -0.2) is 22.6 Å². The Morgan fingerprint density at radius 3 is 3.06 bits per heavy atom. The summed E-state index contributed by atoms with van der Waals surface area (Å²) in [5.74, 6) is -0.114. The Balaban J connectivity index is 2.40. The number of Topliss-reactive ketones (excluding diaryl/α,β-unsaturated/α-hetero) is 1. The third kappa shape index (κ3) is 1.04. The minimum atomic E-state index is -0.114. The molecule has 3 rings (SSSR count). The van der Waals surface area contributed by atoms with Crippen molar-refractivity contribution in [3.8, 4) is 0 Å². The molecule has 0 radical (unpaired) electrons. The highest BCUT2D eigenvalue weighted by molar-refractivity contribution is 9.12. The number of ketones is 1. The van der Waals surface area contributed by atoms with Crippen LogP contribution in [0.2, 0.25) is 0 Å². The number of nitrogens with two attached hydrogens (primary N) is 1. The summed E-state index contributed by atoms with van der Waals surface area (Å²) in [7, 11) is 1.87. The fourth-order valence-corrected chi connectivity index (χ4v) is 2.82. The zero-order valence-corrected chi connectivity index (χ0v) is 10.3. The highest BCUT2D eigenvalue weighted by atomic mass is 79.9. The van der Waals surface area contributed by atoms with E-state index in [0.717, 1.165) is 24.2 Å². The monoisotopic (exact) mass is 279 g/mol. The highest BCUT2D eigenvalue weighted by Crippen LogP contribution is 2.33. The summed E-state index contributed by atoms with van der Waals surface area (Å²) in [6.07, 6.45) is 2.89. The molecule has 0 atom stereocenters. The largest absolute Gasteiger partial charge is 0.395 e. The van der Waals surface area contributed by atoms with Crippen LogP contribution in [0.5, 0.6) is 0 Å². The first-order valence-electron chi connectivity index (χ1n) is 5.04. The molecule has 1 aliphatic heterocycles. The number of hydrogen-bond donors (Lipinski definition) is 1. The van der Waals surface area contributed by atoms with Gasteiger partial charge in [-0.3, -0.25) is 9.79 Å². The number of nitrogens with zero attached hydrogens (tertiary/aromatic N) is 2. The number of allylic oxidation sites excluding steroid dienone is 2. The van der Waals surface area contributed by atoms with Crippen molar-refractivity contribution >= 4 is 27.4 Å². The van der Waals surface area contributed by atoms with Gasteiger partial charge in [0.05, 0.1) is 15.9 Å². The average Bonchev–Trinajstić information content (AvgIpc) is 2.60. The number of aromatic nitrogens is 1. The Labute approximate surface area is 101 Å². The second kappa shape index (κ2) is 3.07. The molecule has 5 heteroatoms. The Kier molecular flexibility index (Phi) is 1.89. The predicted molar refractivity (Wildman–Crippen MR) is 65.0 cm³/mol. The lowest BCUT2D eigenvalue weighted by Gasteiger charge is -2.20. The maximum atomic E-state index is 12.1. The molecule has 0 saturated heterocycles. The number of rotatable bonds is 0. The zero-order valence-electron chi connectivity index (χ0n) is 8.75. The summed E-state index contributed by atoms with van der Waals surface area (Å²) < 4.78 is 2.48. The Bertz CT molecular complexity index is 580. The molecular formula is C11H10BrN3O. The molecule has 0 spiro atoms. The molecular weight excluding hydrogens is 270 g/mol. The van der Waals surface area contributed by atoms with E-state index >= 15 is 0 Å². The fourth-order valence-electron chi connectivity index (χ4n) is 2.32. The van der Waals surface area contributed by atoms with Gasteiger partial charge in [0.25, 0.3) is 0 Å². The Morgan fingerprint density at radius 2 is 2.31 bits per heavy atom. The number of halogens is 1. The molecule has 0 saturated carbocycles. The molecule has 1 aromatic heterocycles. The molecule has 0 fully saturated rings. The van der Waals surface area contributed by atoms with Crippen molar-refractivity contribution in [2.45, 2.75) is 6.42 Å². The van der Waals surface area contributed by atoms with Crippen molar-refractivity contribution in [1.29, 1.82) is 0 Å². The second-order valence-electron chi connectivity index (χ2n) is 4.03. The molecule has 2 heterocycles. The standard InChI is InChI=1S/C11H10BrN3O/c1-15-4-5-2-3-14-9-6(5)10(15)11(16)8(13)7(9)12/h4H,2-3,13H2,1H3. The summed E-state index contributed by atoms with van der Waals surface area (Å²) in [6, 6.07) is 0. The van der Waals surface area contributed by atoms with Crippen LogP contribution in [0.3, 0.4) is 0 Å². The molecule has 2 N–H and O–H groups in total. The third-order valence-corrected chi connectivity index (χ3v) is 3.85. The van der Waals surface area contributed by atoms with Gasteiger partial charge in [-0.1, -0.05) is 0 Å². The summed E-state index contributed by atoms with van der Waals surface area (Å²) in [4.78, 5) is 16.5. The lowest BCUT2D eigenvalue weighted by atomic mass is 9.92. The van der Waals surface area contributed by atoms with E-state index in [0.29, 0.717) is 10.2 Å². The van der Waals surface area contributed by atoms with Crippen molar-refractivity contribution < 1.29 is 4.79 Å². The first-order valence-corrected chi connectivity index (χ1v) is 5.84. The molecule has 0 unspecified atom stereocenters. The van der Waals surface area contributed by atoms with Crippen LogP contribution in [0, 0.1) is 0 Å². The number of carbonyl (C=O) groups excluding carboxylic acids is 1. The average molecular weight is 280 g/mol. The maximum absolute atomic E-state index is 12.1. The van der Waals surface area contributed by atoms with E-state index in [4.69, 9.17) is 5.73 Å². The summed E-state index contributed by atoms with van der Waals surface area (Å²) >= 11 is 3.36. The maximum Gasteiger partial charge on any atom is 0.226 e. The van der Waals surface area contributed by atoms with Crippen LogP contribution in [0.4, 0.5) is 0 Å². The van der Waals surface area contributed by atoms with Gasteiger partial charge in [-0.2, -0.15) is 0 Å². The Morgan fingerprint density at radius 1 is 1.56 bits per heavy atom. The highest BCUT2D eigenvalue weighted by Gasteiger charge is 2.34. The lowest BCUT2D eigenvalue weighted by Crippen LogP contribution is -2.28. The van der Waals surface area contributed by atoms with E-state index in [2.05, 4.69) is 20.9 Å². The van der Waals surface area contributed by atoms with E-state index in [1.807, 2.05) is 17.8 Å². The van der Waals surface area contributed by atoms with Gasteiger partial charge in [-0.05, 0) is 27.9 Å². The van der Waals surface area contributed by atoms with E-state index in [1.54, 1.807) is 0 Å². The van der Waals surface area contributed by atoms with Gasteiger partial charge in [0.1, 0.15) is 5.69 Å². The van der Waals surface area contributed by atoms with Crippen LogP contribution in [0.25, 0.3) is 0 Å². The van der Waals surface area contributed by atoms with Crippen molar-refractivity contribution in [3.05, 3.63) is 33.2 Å². The number of aliphatic imine (C=N–C) groups is 1. The van der Waals surface area contributed by atoms with Crippen molar-refractivity contribution in [2.24, 2.45) is 17.8 Å². The number of aryl methyl sites for hydroxylation is 1. The lowest BCUT2D eigenvalue weighted by molar-refractivity contribution is 0.102. The number of hydrogen-bond acceptors (Lipinski definition) is 3. The first kappa shape index (κ1) is 9.84. The summed E-state index contributed by atoms with van der Waals surface area (Å²) in [5, 5.41) is 0. The quantitative estimate of drug-likeness (QED) is 0.774. The molecule has 16 heavy (non-hydrogen) atoms. The SMILES string of the molecule is Cn1cc2c3c1C(=O)C(N)=C(Br)C3=NCC2. The molecule has 1 aliphatic carbocycles. The minimum absolute atomic E-state index is 0.114. The van der Waals surface area contributed by atoms with E-state index in [9.17, 15) is 4.79 Å². The van der Waals surface area contributed by atoms with Gasteiger partial charge < -0.3 is 10.3 Å². The van der Waals surface area contributed by atoms with E-state index in [1.165, 1.54) is 5.56 Å². The van der Waals surface area contributed by atoms with Gasteiger partial charge in [-0.25, -0.2) is 0 Å². The van der Waals surface area contributed by atoms with Crippen molar-refractivity contribution in [3.63, 3.8) is 0 Å². The fraction of sp³-hybridized carbons (Fsp3) is 0.273. The molecule has 0 bridgehead atoms. The van der Waals surface area contributed by atoms with Gasteiger partial charge >= 0.3 is 0 Å². The minimum Gasteiger partial charge on any atom is -0.395 e. The normalized spacial score (nSPS) is 18.6. The van der Waals surface area contributed by atoms with Gasteiger partial charge in [0, 0.05) is 25.4 Å². The predicted octanol–water partition coefficient (Wildman–Crippen LogP) is 1.13. The molecule has 82 valence electrons. The van der Waals surface area contributed by atoms with E-state index < -0.39 is 0 Å². The van der Waals surface area contributed by atoms with Crippen LogP contribution in [0.1, 0.15) is 21.6 Å². The van der Waals surface area contributed by atoms with Crippen LogP contribution < -0.4 is 5.73 Å².